The highest BCUT2D eigenvalue weighted by Gasteiger charge is 2.20. The first-order valence-corrected chi connectivity index (χ1v) is 10.0. The van der Waals surface area contributed by atoms with Gasteiger partial charge >= 0.3 is 5.97 Å². The van der Waals surface area contributed by atoms with Gasteiger partial charge in [0.1, 0.15) is 17.2 Å². The Balaban J connectivity index is 1.40. The van der Waals surface area contributed by atoms with Gasteiger partial charge in [-0.2, -0.15) is 0 Å². The highest BCUT2D eigenvalue weighted by Crippen LogP contribution is 2.24. The number of ether oxygens (including phenoxy) is 2. The Bertz CT molecular complexity index is 1110. The van der Waals surface area contributed by atoms with Crippen molar-refractivity contribution in [3.8, 4) is 28.4 Å². The van der Waals surface area contributed by atoms with E-state index < -0.39 is 12.1 Å². The van der Waals surface area contributed by atoms with Gasteiger partial charge in [0.15, 0.2) is 6.10 Å². The Hall–Kier alpha value is -4.05. The summed E-state index contributed by atoms with van der Waals surface area (Å²) in [5, 5.41) is 9.63. The smallest absolute Gasteiger partial charge is 0.345 e. The van der Waals surface area contributed by atoms with Crippen molar-refractivity contribution in [2.45, 2.75) is 12.5 Å². The average Bonchev–Trinajstić information content (AvgIpc) is 2.81. The number of hydrogen-bond acceptors (Lipinski definition) is 3. The van der Waals surface area contributed by atoms with Crippen molar-refractivity contribution in [3.05, 3.63) is 115 Å². The molecule has 1 N–H and O–H groups in total. The largest absolute Gasteiger partial charge is 0.478 e. The van der Waals surface area contributed by atoms with Crippen LogP contribution in [0.1, 0.15) is 5.56 Å². The van der Waals surface area contributed by atoms with Crippen LogP contribution in [0.5, 0.6) is 17.2 Å². The number of carboxylic acid groups (broad SMARTS) is 1. The van der Waals surface area contributed by atoms with E-state index in [1.807, 2.05) is 97.1 Å². The van der Waals surface area contributed by atoms with E-state index in [1.165, 1.54) is 0 Å². The minimum absolute atomic E-state index is 0.251. The van der Waals surface area contributed by atoms with Gasteiger partial charge in [0.2, 0.25) is 0 Å². The Kier molecular flexibility index (Phi) is 6.29. The standard InChI is InChI=1S/C27H22O4/c28-27(29)26(31-25-17-13-22(14-18-25)21-7-3-1-4-8-21)19-20-11-15-24(16-12-20)30-23-9-5-2-6-10-23/h1-18,26H,19H2,(H,28,29)/t26-/m0/s1. The molecule has 0 spiro atoms. The lowest BCUT2D eigenvalue weighted by molar-refractivity contribution is -0.145. The lowest BCUT2D eigenvalue weighted by atomic mass is 10.1. The SMILES string of the molecule is O=C(O)[C@H](Cc1ccc(Oc2ccccc2)cc1)Oc1ccc(-c2ccccc2)cc1. The third-order valence-electron chi connectivity index (χ3n) is 4.84. The van der Waals surface area contributed by atoms with E-state index in [1.54, 1.807) is 12.1 Å². The van der Waals surface area contributed by atoms with Crippen LogP contribution in [0.2, 0.25) is 0 Å². The predicted molar refractivity (Wildman–Crippen MR) is 121 cm³/mol. The zero-order chi connectivity index (χ0) is 21.5. The molecule has 4 rings (SSSR count). The van der Waals surface area contributed by atoms with E-state index >= 15 is 0 Å². The normalized spacial score (nSPS) is 11.5. The molecule has 0 heterocycles. The van der Waals surface area contributed by atoms with Crippen molar-refractivity contribution in [1.29, 1.82) is 0 Å². The summed E-state index contributed by atoms with van der Waals surface area (Å²) in [6.45, 7) is 0. The van der Waals surface area contributed by atoms with Crippen LogP contribution in [-0.4, -0.2) is 17.2 Å². The Morgan fingerprint density at radius 2 is 1.16 bits per heavy atom. The molecule has 31 heavy (non-hydrogen) atoms. The highest BCUT2D eigenvalue weighted by molar-refractivity contribution is 5.73. The first kappa shape index (κ1) is 20.2. The van der Waals surface area contributed by atoms with E-state index in [2.05, 4.69) is 0 Å². The predicted octanol–water partition coefficient (Wildman–Crippen LogP) is 6.22. The average molecular weight is 410 g/mol. The summed E-state index contributed by atoms with van der Waals surface area (Å²) < 4.78 is 11.5. The Morgan fingerprint density at radius 3 is 1.77 bits per heavy atom. The summed E-state index contributed by atoms with van der Waals surface area (Å²) in [4.78, 5) is 11.8. The van der Waals surface area contributed by atoms with Crippen LogP contribution < -0.4 is 9.47 Å². The second-order valence-electron chi connectivity index (χ2n) is 7.10. The van der Waals surface area contributed by atoms with E-state index in [0.717, 1.165) is 22.4 Å². The first-order valence-electron chi connectivity index (χ1n) is 10.0. The zero-order valence-electron chi connectivity index (χ0n) is 16.8. The molecule has 4 aromatic carbocycles. The lowest BCUT2D eigenvalue weighted by Gasteiger charge is -2.16. The van der Waals surface area contributed by atoms with Crippen LogP contribution in [-0.2, 0) is 11.2 Å². The Labute approximate surface area is 181 Å². The maximum atomic E-state index is 11.8. The van der Waals surface area contributed by atoms with Gasteiger partial charge in [-0.3, -0.25) is 0 Å². The second kappa shape index (κ2) is 9.63. The van der Waals surface area contributed by atoms with Crippen LogP contribution in [0.3, 0.4) is 0 Å². The number of aliphatic carboxylic acids is 1. The van der Waals surface area contributed by atoms with Gasteiger partial charge in [-0.05, 0) is 53.1 Å². The van der Waals surface area contributed by atoms with Crippen molar-refractivity contribution < 1.29 is 19.4 Å². The number of benzene rings is 4. The molecule has 0 saturated heterocycles. The summed E-state index contributed by atoms with van der Waals surface area (Å²) in [6.07, 6.45) is -0.732. The number of para-hydroxylation sites is 1. The van der Waals surface area contributed by atoms with Crippen molar-refractivity contribution in [2.75, 3.05) is 0 Å². The van der Waals surface area contributed by atoms with Gasteiger partial charge < -0.3 is 14.6 Å². The molecular weight excluding hydrogens is 388 g/mol. The monoisotopic (exact) mass is 410 g/mol. The van der Waals surface area contributed by atoms with Gasteiger partial charge in [0.25, 0.3) is 0 Å². The molecule has 4 nitrogen and oxygen atoms in total. The Morgan fingerprint density at radius 1 is 0.645 bits per heavy atom. The van der Waals surface area contributed by atoms with Crippen molar-refractivity contribution >= 4 is 5.97 Å². The quantitative estimate of drug-likeness (QED) is 0.375. The fraction of sp³-hybridized carbons (Fsp3) is 0.0741. The number of carboxylic acids is 1. The summed E-state index contributed by atoms with van der Waals surface area (Å²) in [7, 11) is 0. The first-order chi connectivity index (χ1) is 15.2. The van der Waals surface area contributed by atoms with Crippen LogP contribution in [0.15, 0.2) is 109 Å². The third-order valence-corrected chi connectivity index (χ3v) is 4.84. The highest BCUT2D eigenvalue weighted by atomic mass is 16.5. The van der Waals surface area contributed by atoms with E-state index in [0.29, 0.717) is 11.5 Å². The molecule has 4 heteroatoms. The maximum absolute atomic E-state index is 11.8. The molecule has 0 aliphatic rings. The fourth-order valence-corrected chi connectivity index (χ4v) is 3.23. The number of hydrogen-bond donors (Lipinski definition) is 1. The molecule has 0 fully saturated rings. The molecule has 0 radical (unpaired) electrons. The van der Waals surface area contributed by atoms with Crippen LogP contribution >= 0.6 is 0 Å². The maximum Gasteiger partial charge on any atom is 0.345 e. The van der Waals surface area contributed by atoms with E-state index in [-0.39, 0.29) is 6.42 Å². The van der Waals surface area contributed by atoms with E-state index in [9.17, 15) is 9.90 Å². The summed E-state index contributed by atoms with van der Waals surface area (Å²) in [5.41, 5.74) is 3.00. The van der Waals surface area contributed by atoms with Crippen LogP contribution in [0.25, 0.3) is 11.1 Å². The van der Waals surface area contributed by atoms with Gasteiger partial charge in [0, 0.05) is 6.42 Å². The molecule has 1 atom stereocenters. The van der Waals surface area contributed by atoms with Gasteiger partial charge in [-0.15, -0.1) is 0 Å². The minimum atomic E-state index is -1.00. The zero-order valence-corrected chi connectivity index (χ0v) is 16.8. The molecule has 4 aromatic rings. The molecule has 0 amide bonds. The fourth-order valence-electron chi connectivity index (χ4n) is 3.23. The lowest BCUT2D eigenvalue weighted by Crippen LogP contribution is -2.29. The topological polar surface area (TPSA) is 55.8 Å². The van der Waals surface area contributed by atoms with Gasteiger partial charge in [-0.1, -0.05) is 72.8 Å². The molecule has 0 aliphatic heterocycles. The molecule has 0 unspecified atom stereocenters. The van der Waals surface area contributed by atoms with E-state index in [4.69, 9.17) is 9.47 Å². The third kappa shape index (κ3) is 5.52. The summed E-state index contributed by atoms with van der Waals surface area (Å²) in [6, 6.07) is 34.3. The van der Waals surface area contributed by atoms with Crippen molar-refractivity contribution in [2.24, 2.45) is 0 Å². The molecule has 0 bridgehead atoms. The van der Waals surface area contributed by atoms with Crippen molar-refractivity contribution in [1.82, 2.24) is 0 Å². The van der Waals surface area contributed by atoms with Crippen LogP contribution in [0.4, 0.5) is 0 Å². The second-order valence-corrected chi connectivity index (χ2v) is 7.10. The minimum Gasteiger partial charge on any atom is -0.478 e. The summed E-state index contributed by atoms with van der Waals surface area (Å²) >= 11 is 0. The number of rotatable bonds is 8. The van der Waals surface area contributed by atoms with Crippen molar-refractivity contribution in [3.63, 3.8) is 0 Å². The molecule has 0 aromatic heterocycles. The summed E-state index contributed by atoms with van der Waals surface area (Å²) in [5.74, 6) is 0.966. The molecular formula is C27H22O4. The molecule has 0 saturated carbocycles. The molecule has 0 aliphatic carbocycles. The van der Waals surface area contributed by atoms with Gasteiger partial charge in [-0.25, -0.2) is 4.79 Å². The van der Waals surface area contributed by atoms with Crippen LogP contribution in [0, 0.1) is 0 Å². The van der Waals surface area contributed by atoms with Gasteiger partial charge in [0.05, 0.1) is 0 Å². The number of carbonyl (C=O) groups is 1. The molecule has 154 valence electrons.